The Morgan fingerprint density at radius 2 is 1.00 bits per heavy atom. The summed E-state index contributed by atoms with van der Waals surface area (Å²) in [6.07, 6.45) is 0. The summed E-state index contributed by atoms with van der Waals surface area (Å²) in [7, 11) is 0. The molecular formula is C24H22Br4O6S. The molecule has 0 aliphatic heterocycles. The minimum absolute atomic E-state index is 0.119. The maximum absolute atomic E-state index is 11.5. The zero-order chi connectivity index (χ0) is 26.1. The van der Waals surface area contributed by atoms with Crippen molar-refractivity contribution in [1.29, 1.82) is 0 Å². The van der Waals surface area contributed by atoms with E-state index in [4.69, 9.17) is 18.9 Å². The highest BCUT2D eigenvalue weighted by Crippen LogP contribution is 2.43. The summed E-state index contributed by atoms with van der Waals surface area (Å²) in [6, 6.07) is 7.75. The molecule has 0 fully saturated rings. The molecule has 0 unspecified atom stereocenters. The quantitative estimate of drug-likeness (QED) is 0.124. The highest BCUT2D eigenvalue weighted by Gasteiger charge is 2.14. The average molecular weight is 758 g/mol. The molecule has 35 heavy (non-hydrogen) atoms. The van der Waals surface area contributed by atoms with Crippen molar-refractivity contribution >= 4 is 87.4 Å². The van der Waals surface area contributed by atoms with Crippen molar-refractivity contribution in [2.24, 2.45) is 0 Å². The van der Waals surface area contributed by atoms with Crippen LogP contribution in [0.2, 0.25) is 0 Å². The van der Waals surface area contributed by atoms with Gasteiger partial charge >= 0.3 is 11.9 Å². The first kappa shape index (κ1) is 30.0. The number of rotatable bonds is 12. The van der Waals surface area contributed by atoms with Gasteiger partial charge in [-0.15, -0.1) is 0 Å². The third-order valence-electron chi connectivity index (χ3n) is 4.00. The predicted octanol–water partition coefficient (Wildman–Crippen LogP) is 7.88. The summed E-state index contributed by atoms with van der Waals surface area (Å²) in [5, 5.41) is 0. The van der Waals surface area contributed by atoms with Gasteiger partial charge in [-0.3, -0.25) is 0 Å². The van der Waals surface area contributed by atoms with Crippen molar-refractivity contribution in [3.63, 3.8) is 0 Å². The standard InChI is InChI=1S/C24H22Br4O6S/c1-13(2)23(29)33-7-5-31-21-17(25)9-15(10-18(21)26)35-16-11-19(27)22(20(28)12-16)32-6-8-34-24(30)14(3)4/h9-12H,1,3,5-8H2,2,4H3. The minimum atomic E-state index is -0.446. The number of hydrogen-bond donors (Lipinski definition) is 0. The lowest BCUT2D eigenvalue weighted by Crippen LogP contribution is -2.12. The van der Waals surface area contributed by atoms with Crippen LogP contribution in [0.1, 0.15) is 13.8 Å². The smallest absolute Gasteiger partial charge is 0.333 e. The molecule has 0 bridgehead atoms. The number of halogens is 4. The van der Waals surface area contributed by atoms with E-state index in [9.17, 15) is 9.59 Å². The van der Waals surface area contributed by atoms with E-state index >= 15 is 0 Å². The van der Waals surface area contributed by atoms with Gasteiger partial charge in [0.2, 0.25) is 0 Å². The van der Waals surface area contributed by atoms with Crippen molar-refractivity contribution in [3.8, 4) is 11.5 Å². The zero-order valence-corrected chi connectivity index (χ0v) is 26.1. The Hall–Kier alpha value is -1.27. The van der Waals surface area contributed by atoms with Gasteiger partial charge in [0.05, 0.1) is 17.9 Å². The third-order valence-corrected chi connectivity index (χ3v) is 7.30. The number of benzene rings is 2. The zero-order valence-electron chi connectivity index (χ0n) is 18.9. The summed E-state index contributed by atoms with van der Waals surface area (Å²) >= 11 is 15.7. The predicted molar refractivity (Wildman–Crippen MR) is 150 cm³/mol. The van der Waals surface area contributed by atoms with Crippen LogP contribution in [0.15, 0.2) is 76.3 Å². The molecule has 0 aromatic heterocycles. The fourth-order valence-electron chi connectivity index (χ4n) is 2.41. The first-order valence-electron chi connectivity index (χ1n) is 10.1. The number of esters is 2. The maximum Gasteiger partial charge on any atom is 0.333 e. The highest BCUT2D eigenvalue weighted by molar-refractivity contribution is 9.11. The Morgan fingerprint density at radius 3 is 1.29 bits per heavy atom. The van der Waals surface area contributed by atoms with Crippen LogP contribution in [0.5, 0.6) is 11.5 Å². The van der Waals surface area contributed by atoms with Gasteiger partial charge in [0.25, 0.3) is 0 Å². The molecule has 0 saturated heterocycles. The second kappa shape index (κ2) is 14.5. The lowest BCUT2D eigenvalue weighted by molar-refractivity contribution is -0.140. The average Bonchev–Trinajstić information content (AvgIpc) is 2.76. The summed E-state index contributed by atoms with van der Waals surface area (Å²) < 4.78 is 24.6. The maximum atomic E-state index is 11.5. The number of carbonyl (C=O) groups excluding carboxylic acids is 2. The molecule has 0 aliphatic carbocycles. The van der Waals surface area contributed by atoms with Crippen LogP contribution in [0.25, 0.3) is 0 Å². The van der Waals surface area contributed by atoms with Crippen molar-refractivity contribution in [2.75, 3.05) is 26.4 Å². The summed E-state index contributed by atoms with van der Waals surface area (Å²) in [5.74, 6) is 0.329. The monoisotopic (exact) mass is 754 g/mol. The van der Waals surface area contributed by atoms with Crippen LogP contribution in [0.3, 0.4) is 0 Å². The molecule has 2 aromatic carbocycles. The molecule has 2 aromatic rings. The van der Waals surface area contributed by atoms with Crippen LogP contribution < -0.4 is 9.47 Å². The summed E-state index contributed by atoms with van der Waals surface area (Å²) in [4.78, 5) is 24.8. The normalized spacial score (nSPS) is 10.5. The Kier molecular flexibility index (Phi) is 12.4. The molecule has 6 nitrogen and oxygen atoms in total. The fraction of sp³-hybridized carbons (Fsp3) is 0.250. The van der Waals surface area contributed by atoms with E-state index in [0.29, 0.717) is 22.6 Å². The Bertz CT molecular complexity index is 1000. The second-order valence-corrected chi connectivity index (χ2v) is 11.6. The largest absolute Gasteiger partial charge is 0.488 e. The highest BCUT2D eigenvalue weighted by atomic mass is 79.9. The van der Waals surface area contributed by atoms with Crippen LogP contribution in [0.4, 0.5) is 0 Å². The molecular weight excluding hydrogens is 736 g/mol. The van der Waals surface area contributed by atoms with Crippen molar-refractivity contribution in [2.45, 2.75) is 23.6 Å². The van der Waals surface area contributed by atoms with Crippen LogP contribution in [-0.2, 0) is 19.1 Å². The number of carbonyl (C=O) groups is 2. The molecule has 0 radical (unpaired) electrons. The minimum Gasteiger partial charge on any atom is -0.488 e. The Labute approximate surface area is 242 Å². The molecule has 0 spiro atoms. The van der Waals surface area contributed by atoms with E-state index < -0.39 is 11.9 Å². The van der Waals surface area contributed by atoms with Crippen molar-refractivity contribution < 1.29 is 28.5 Å². The van der Waals surface area contributed by atoms with Crippen LogP contribution >= 0.6 is 75.5 Å². The topological polar surface area (TPSA) is 71.1 Å². The fourth-order valence-corrected chi connectivity index (χ4v) is 6.82. The van der Waals surface area contributed by atoms with E-state index in [-0.39, 0.29) is 26.4 Å². The van der Waals surface area contributed by atoms with Gasteiger partial charge in [-0.2, -0.15) is 0 Å². The van der Waals surface area contributed by atoms with Gasteiger partial charge in [-0.25, -0.2) is 9.59 Å². The molecule has 0 atom stereocenters. The number of hydrogen-bond acceptors (Lipinski definition) is 7. The van der Waals surface area contributed by atoms with Gasteiger partial charge in [0.1, 0.15) is 37.9 Å². The summed E-state index contributed by atoms with van der Waals surface area (Å²) in [6.45, 7) is 10.9. The first-order valence-corrected chi connectivity index (χ1v) is 14.0. The van der Waals surface area contributed by atoms with E-state index in [2.05, 4.69) is 76.9 Å². The number of ether oxygens (including phenoxy) is 4. The lowest BCUT2D eigenvalue weighted by Gasteiger charge is -2.14. The van der Waals surface area contributed by atoms with Gasteiger partial charge in [-0.1, -0.05) is 24.9 Å². The van der Waals surface area contributed by atoms with E-state index in [0.717, 1.165) is 27.7 Å². The molecule has 188 valence electrons. The van der Waals surface area contributed by atoms with Gasteiger partial charge in [0.15, 0.2) is 0 Å². The van der Waals surface area contributed by atoms with Gasteiger partial charge in [0, 0.05) is 20.9 Å². The molecule has 0 amide bonds. The molecule has 11 heteroatoms. The van der Waals surface area contributed by atoms with Crippen LogP contribution in [0, 0.1) is 0 Å². The first-order chi connectivity index (χ1) is 16.5. The lowest BCUT2D eigenvalue weighted by atomic mass is 10.3. The van der Waals surface area contributed by atoms with Gasteiger partial charge < -0.3 is 18.9 Å². The van der Waals surface area contributed by atoms with E-state index in [1.54, 1.807) is 25.6 Å². The second-order valence-electron chi connectivity index (χ2n) is 7.06. The van der Waals surface area contributed by atoms with E-state index in [1.165, 1.54) is 0 Å². The van der Waals surface area contributed by atoms with E-state index in [1.807, 2.05) is 24.3 Å². The van der Waals surface area contributed by atoms with Crippen LogP contribution in [-0.4, -0.2) is 38.4 Å². The Morgan fingerprint density at radius 1 is 0.686 bits per heavy atom. The van der Waals surface area contributed by atoms with Crippen molar-refractivity contribution in [1.82, 2.24) is 0 Å². The molecule has 0 heterocycles. The molecule has 0 aliphatic rings. The molecule has 0 saturated carbocycles. The summed E-state index contributed by atoms with van der Waals surface area (Å²) in [5.41, 5.74) is 0.686. The SMILES string of the molecule is C=C(C)C(=O)OCCOc1c(Br)cc(Sc2cc(Br)c(OCCOC(=O)C(=C)C)c(Br)c2)cc1Br. The third kappa shape index (κ3) is 9.60. The Balaban J connectivity index is 1.99. The molecule has 2 rings (SSSR count). The van der Waals surface area contributed by atoms with Gasteiger partial charge in [-0.05, 0) is 102 Å². The molecule has 0 N–H and O–H groups in total. The van der Waals surface area contributed by atoms with Crippen molar-refractivity contribution in [3.05, 3.63) is 66.5 Å².